The Hall–Kier alpha value is -4.21. The SMILES string of the molecule is CCOC(=O)c1ccc(NC(=O)C[C@H]2C(=O)Nc3nc(-c4ccc(OC)cc4)nn32)cc1. The van der Waals surface area contributed by atoms with Gasteiger partial charge in [0.25, 0.3) is 5.91 Å². The molecule has 3 aromatic rings. The Morgan fingerprint density at radius 3 is 2.50 bits per heavy atom. The summed E-state index contributed by atoms with van der Waals surface area (Å²) in [5.74, 6) is 0.274. The van der Waals surface area contributed by atoms with E-state index in [0.717, 1.165) is 5.56 Å². The highest BCUT2D eigenvalue weighted by Gasteiger charge is 2.35. The van der Waals surface area contributed by atoms with Crippen LogP contribution in [-0.2, 0) is 14.3 Å². The van der Waals surface area contributed by atoms with Gasteiger partial charge in [0.15, 0.2) is 5.82 Å². The molecule has 2 amide bonds. The molecule has 2 N–H and O–H groups in total. The Kier molecular flexibility index (Phi) is 5.84. The molecule has 0 aliphatic carbocycles. The molecule has 10 nitrogen and oxygen atoms in total. The fourth-order valence-corrected chi connectivity index (χ4v) is 3.26. The van der Waals surface area contributed by atoms with Crippen LogP contribution in [0.3, 0.4) is 0 Å². The third-order valence-corrected chi connectivity index (χ3v) is 4.87. The molecule has 1 aliphatic heterocycles. The standard InChI is InChI=1S/C22H21N5O5/c1-3-32-21(30)14-4-8-15(9-5-14)23-18(28)12-17-20(29)25-22-24-19(26-27(17)22)13-6-10-16(31-2)11-7-13/h4-11,17H,3,12H2,1-2H3,(H,23,28)(H,24,25,26,29)/t17-/m0/s1. The minimum absolute atomic E-state index is 0.121. The number of aromatic nitrogens is 3. The van der Waals surface area contributed by atoms with E-state index in [1.807, 2.05) is 12.1 Å². The number of carbonyl (C=O) groups excluding carboxylic acids is 3. The van der Waals surface area contributed by atoms with Crippen LogP contribution >= 0.6 is 0 Å². The molecule has 2 heterocycles. The molecule has 0 fully saturated rings. The monoisotopic (exact) mass is 435 g/mol. The van der Waals surface area contributed by atoms with E-state index in [4.69, 9.17) is 9.47 Å². The summed E-state index contributed by atoms with van der Waals surface area (Å²) in [7, 11) is 1.58. The van der Waals surface area contributed by atoms with Crippen molar-refractivity contribution in [1.29, 1.82) is 0 Å². The molecule has 164 valence electrons. The first-order valence-corrected chi connectivity index (χ1v) is 9.97. The van der Waals surface area contributed by atoms with Gasteiger partial charge < -0.3 is 14.8 Å². The highest BCUT2D eigenvalue weighted by atomic mass is 16.5. The number of hydrogen-bond acceptors (Lipinski definition) is 7. The Balaban J connectivity index is 1.43. The number of anilines is 2. The fraction of sp³-hybridized carbons (Fsp3) is 0.227. The lowest BCUT2D eigenvalue weighted by Crippen LogP contribution is -2.23. The summed E-state index contributed by atoms with van der Waals surface area (Å²) in [5, 5.41) is 9.79. The van der Waals surface area contributed by atoms with Gasteiger partial charge in [-0.25, -0.2) is 9.48 Å². The van der Waals surface area contributed by atoms with Crippen LogP contribution in [0.15, 0.2) is 48.5 Å². The van der Waals surface area contributed by atoms with Crippen molar-refractivity contribution in [3.8, 4) is 17.1 Å². The average Bonchev–Trinajstić information content (AvgIpc) is 3.33. The van der Waals surface area contributed by atoms with Crippen molar-refractivity contribution in [1.82, 2.24) is 14.8 Å². The van der Waals surface area contributed by atoms with Crippen LogP contribution in [0.25, 0.3) is 11.4 Å². The van der Waals surface area contributed by atoms with Gasteiger partial charge in [0, 0.05) is 11.3 Å². The number of hydrogen-bond donors (Lipinski definition) is 2. The second-order valence-corrected chi connectivity index (χ2v) is 6.99. The van der Waals surface area contributed by atoms with Crippen molar-refractivity contribution < 1.29 is 23.9 Å². The lowest BCUT2D eigenvalue weighted by molar-refractivity contribution is -0.123. The smallest absolute Gasteiger partial charge is 0.338 e. The second-order valence-electron chi connectivity index (χ2n) is 6.99. The number of carbonyl (C=O) groups is 3. The Bertz CT molecular complexity index is 1150. The molecule has 0 radical (unpaired) electrons. The molecule has 0 bridgehead atoms. The highest BCUT2D eigenvalue weighted by Crippen LogP contribution is 2.29. The molecule has 0 spiro atoms. The van der Waals surface area contributed by atoms with Crippen LogP contribution in [-0.4, -0.2) is 46.3 Å². The van der Waals surface area contributed by atoms with Gasteiger partial charge in [0.05, 0.1) is 25.7 Å². The largest absolute Gasteiger partial charge is 0.497 e. The first kappa shape index (κ1) is 21.0. The molecule has 10 heteroatoms. The number of methoxy groups -OCH3 is 1. The summed E-state index contributed by atoms with van der Waals surface area (Å²) >= 11 is 0. The molecule has 0 saturated heterocycles. The summed E-state index contributed by atoms with van der Waals surface area (Å²) in [6, 6.07) is 12.7. The van der Waals surface area contributed by atoms with Crippen molar-refractivity contribution >= 4 is 29.4 Å². The second kappa shape index (κ2) is 8.88. The van der Waals surface area contributed by atoms with E-state index >= 15 is 0 Å². The predicted molar refractivity (Wildman–Crippen MR) is 115 cm³/mol. The number of nitrogens with one attached hydrogen (secondary N) is 2. The summed E-state index contributed by atoms with van der Waals surface area (Å²) in [4.78, 5) is 40.9. The van der Waals surface area contributed by atoms with Gasteiger partial charge in [-0.15, -0.1) is 5.10 Å². The Morgan fingerprint density at radius 2 is 1.84 bits per heavy atom. The van der Waals surface area contributed by atoms with Crippen LogP contribution in [0, 0.1) is 0 Å². The van der Waals surface area contributed by atoms with Crippen LogP contribution in [0.2, 0.25) is 0 Å². The number of esters is 1. The van der Waals surface area contributed by atoms with E-state index in [-0.39, 0.29) is 30.8 Å². The van der Waals surface area contributed by atoms with Gasteiger partial charge in [0.1, 0.15) is 11.8 Å². The van der Waals surface area contributed by atoms with Crippen molar-refractivity contribution in [2.75, 3.05) is 24.4 Å². The molecule has 1 aliphatic rings. The van der Waals surface area contributed by atoms with E-state index in [2.05, 4.69) is 20.7 Å². The zero-order valence-corrected chi connectivity index (χ0v) is 17.5. The van der Waals surface area contributed by atoms with E-state index in [9.17, 15) is 14.4 Å². The lowest BCUT2D eigenvalue weighted by atomic mass is 10.1. The molecule has 1 aromatic heterocycles. The maximum atomic E-state index is 12.5. The van der Waals surface area contributed by atoms with Crippen LogP contribution in [0.4, 0.5) is 11.6 Å². The topological polar surface area (TPSA) is 124 Å². The van der Waals surface area contributed by atoms with Gasteiger partial charge in [-0.2, -0.15) is 4.98 Å². The molecule has 32 heavy (non-hydrogen) atoms. The number of fused-ring (bicyclic) bond motifs is 1. The number of benzene rings is 2. The van der Waals surface area contributed by atoms with Crippen LogP contribution < -0.4 is 15.4 Å². The summed E-state index contributed by atoms with van der Waals surface area (Å²) in [5.41, 5.74) is 1.64. The van der Waals surface area contributed by atoms with E-state index in [0.29, 0.717) is 22.8 Å². The zero-order chi connectivity index (χ0) is 22.7. The molecule has 0 saturated carbocycles. The van der Waals surface area contributed by atoms with Crippen molar-refractivity contribution in [2.24, 2.45) is 0 Å². The van der Waals surface area contributed by atoms with Gasteiger partial charge in [0.2, 0.25) is 11.9 Å². The number of ether oxygens (including phenoxy) is 2. The maximum Gasteiger partial charge on any atom is 0.338 e. The Morgan fingerprint density at radius 1 is 1.12 bits per heavy atom. The minimum Gasteiger partial charge on any atom is -0.497 e. The molecule has 2 aromatic carbocycles. The fourth-order valence-electron chi connectivity index (χ4n) is 3.26. The summed E-state index contributed by atoms with van der Waals surface area (Å²) < 4.78 is 11.5. The van der Waals surface area contributed by atoms with Gasteiger partial charge >= 0.3 is 5.97 Å². The highest BCUT2D eigenvalue weighted by molar-refractivity contribution is 6.01. The van der Waals surface area contributed by atoms with E-state index in [1.54, 1.807) is 50.4 Å². The lowest BCUT2D eigenvalue weighted by Gasteiger charge is -2.10. The first-order valence-electron chi connectivity index (χ1n) is 9.97. The van der Waals surface area contributed by atoms with E-state index < -0.39 is 12.0 Å². The van der Waals surface area contributed by atoms with Crippen LogP contribution in [0.1, 0.15) is 29.7 Å². The third kappa shape index (κ3) is 4.29. The summed E-state index contributed by atoms with van der Waals surface area (Å²) in [6.45, 7) is 2.01. The first-order chi connectivity index (χ1) is 15.5. The molecule has 1 atom stereocenters. The average molecular weight is 435 g/mol. The van der Waals surface area contributed by atoms with Gasteiger partial charge in [-0.3, -0.25) is 14.9 Å². The van der Waals surface area contributed by atoms with Crippen LogP contribution in [0.5, 0.6) is 5.75 Å². The van der Waals surface area contributed by atoms with Gasteiger partial charge in [-0.1, -0.05) is 0 Å². The minimum atomic E-state index is -0.816. The van der Waals surface area contributed by atoms with Gasteiger partial charge in [-0.05, 0) is 55.5 Å². The van der Waals surface area contributed by atoms with E-state index in [1.165, 1.54) is 4.68 Å². The Labute approximate surface area is 183 Å². The van der Waals surface area contributed by atoms with Crippen molar-refractivity contribution in [3.05, 3.63) is 54.1 Å². The summed E-state index contributed by atoms with van der Waals surface area (Å²) in [6.07, 6.45) is -0.121. The molecular formula is C22H21N5O5. The normalized spacial score (nSPS) is 14.4. The molecule has 4 rings (SSSR count). The molecule has 0 unspecified atom stereocenters. The van der Waals surface area contributed by atoms with Crippen molar-refractivity contribution in [3.63, 3.8) is 0 Å². The quantitative estimate of drug-likeness (QED) is 0.547. The number of nitrogens with zero attached hydrogens (tertiary/aromatic N) is 3. The third-order valence-electron chi connectivity index (χ3n) is 4.87. The zero-order valence-electron chi connectivity index (χ0n) is 17.5. The number of amides is 2. The number of rotatable bonds is 7. The maximum absolute atomic E-state index is 12.5. The predicted octanol–water partition coefficient (Wildman–Crippen LogP) is 2.65. The van der Waals surface area contributed by atoms with Crippen molar-refractivity contribution in [2.45, 2.75) is 19.4 Å². The molecular weight excluding hydrogens is 414 g/mol.